The van der Waals surface area contributed by atoms with Gasteiger partial charge in [0.05, 0.1) is 5.69 Å². The van der Waals surface area contributed by atoms with Crippen molar-refractivity contribution in [3.05, 3.63) is 28.5 Å². The van der Waals surface area contributed by atoms with Crippen molar-refractivity contribution >= 4 is 15.9 Å². The van der Waals surface area contributed by atoms with Crippen molar-refractivity contribution in [1.29, 1.82) is 0 Å². The first kappa shape index (κ1) is 13.4. The van der Waals surface area contributed by atoms with Gasteiger partial charge in [0.15, 0.2) is 0 Å². The third-order valence-corrected chi connectivity index (χ3v) is 2.33. The zero-order valence-corrected chi connectivity index (χ0v) is 10.1. The summed E-state index contributed by atoms with van der Waals surface area (Å²) in [6.07, 6.45) is -4.71. The van der Waals surface area contributed by atoms with E-state index in [0.717, 1.165) is 10.3 Å². The summed E-state index contributed by atoms with van der Waals surface area (Å²) in [6, 6.07) is 5.46. The zero-order valence-electron chi connectivity index (χ0n) is 8.52. The van der Waals surface area contributed by atoms with Gasteiger partial charge in [0.25, 0.3) is 0 Å². The highest BCUT2D eigenvalue weighted by atomic mass is 79.9. The van der Waals surface area contributed by atoms with Crippen LogP contribution in [-0.2, 0) is 6.54 Å². The summed E-state index contributed by atoms with van der Waals surface area (Å²) in [5.41, 5.74) is 0.807. The Bertz CT molecular complexity index is 328. The van der Waals surface area contributed by atoms with Gasteiger partial charge in [0.1, 0.15) is 4.60 Å². The van der Waals surface area contributed by atoms with Crippen molar-refractivity contribution in [2.45, 2.75) is 25.6 Å². The predicted octanol–water partition coefficient (Wildman–Crippen LogP) is 3.28. The molecule has 0 aromatic carbocycles. The van der Waals surface area contributed by atoms with Crippen LogP contribution in [0.15, 0.2) is 22.8 Å². The van der Waals surface area contributed by atoms with Gasteiger partial charge in [-0.3, -0.25) is 0 Å². The van der Waals surface area contributed by atoms with E-state index in [4.69, 9.17) is 0 Å². The van der Waals surface area contributed by atoms with E-state index in [0.29, 0.717) is 13.1 Å². The summed E-state index contributed by atoms with van der Waals surface area (Å²) in [5.74, 6) is 0. The molecule has 0 bridgehead atoms. The molecule has 0 unspecified atom stereocenters. The second kappa shape index (κ2) is 6.20. The molecule has 0 saturated heterocycles. The molecule has 0 spiro atoms. The average molecular weight is 297 g/mol. The number of aromatic nitrogens is 1. The molecule has 1 rings (SSSR count). The molecule has 90 valence electrons. The highest BCUT2D eigenvalue weighted by molar-refractivity contribution is 9.10. The van der Waals surface area contributed by atoms with Crippen LogP contribution in [0.2, 0.25) is 0 Å². The molecule has 1 aromatic heterocycles. The number of pyridine rings is 1. The first-order valence-electron chi connectivity index (χ1n) is 4.86. The Morgan fingerprint density at radius 2 is 2.06 bits per heavy atom. The molecule has 2 nitrogen and oxygen atoms in total. The van der Waals surface area contributed by atoms with Crippen LogP contribution in [0.3, 0.4) is 0 Å². The molecule has 0 saturated carbocycles. The minimum atomic E-state index is -4.06. The summed E-state index contributed by atoms with van der Waals surface area (Å²) in [5, 5.41) is 2.92. The topological polar surface area (TPSA) is 24.9 Å². The highest BCUT2D eigenvalue weighted by Gasteiger charge is 2.25. The Labute approximate surface area is 100 Å². The smallest absolute Gasteiger partial charge is 0.311 e. The van der Waals surface area contributed by atoms with E-state index in [1.807, 2.05) is 12.1 Å². The van der Waals surface area contributed by atoms with Gasteiger partial charge in [-0.1, -0.05) is 6.07 Å². The normalized spacial score (nSPS) is 11.8. The highest BCUT2D eigenvalue weighted by Crippen LogP contribution is 2.20. The van der Waals surface area contributed by atoms with Gasteiger partial charge in [-0.25, -0.2) is 4.98 Å². The molecular formula is C10H12BrF3N2. The Balaban J connectivity index is 2.17. The molecule has 1 heterocycles. The fourth-order valence-electron chi connectivity index (χ4n) is 1.18. The van der Waals surface area contributed by atoms with Crippen LogP contribution >= 0.6 is 15.9 Å². The zero-order chi connectivity index (χ0) is 12.0. The van der Waals surface area contributed by atoms with Crippen molar-refractivity contribution in [2.75, 3.05) is 6.54 Å². The first-order valence-corrected chi connectivity index (χ1v) is 5.65. The Kier molecular flexibility index (Phi) is 5.21. The van der Waals surface area contributed by atoms with Crippen LogP contribution in [0, 0.1) is 0 Å². The summed E-state index contributed by atoms with van der Waals surface area (Å²) in [7, 11) is 0. The molecule has 0 aliphatic heterocycles. The van der Waals surface area contributed by atoms with E-state index in [1.54, 1.807) is 6.07 Å². The SMILES string of the molecule is FC(F)(F)CCCNCc1cccc(Br)n1. The van der Waals surface area contributed by atoms with Gasteiger partial charge in [0.2, 0.25) is 0 Å². The van der Waals surface area contributed by atoms with Crippen molar-refractivity contribution in [3.8, 4) is 0 Å². The largest absolute Gasteiger partial charge is 0.389 e. The Morgan fingerprint density at radius 3 is 2.69 bits per heavy atom. The summed E-state index contributed by atoms with van der Waals surface area (Å²) >= 11 is 3.22. The fourth-order valence-corrected chi connectivity index (χ4v) is 1.56. The van der Waals surface area contributed by atoms with Crippen molar-refractivity contribution in [3.63, 3.8) is 0 Å². The van der Waals surface area contributed by atoms with Gasteiger partial charge in [0, 0.05) is 13.0 Å². The number of hydrogen-bond donors (Lipinski definition) is 1. The lowest BCUT2D eigenvalue weighted by Gasteiger charge is -2.07. The number of nitrogens with zero attached hydrogens (tertiary/aromatic N) is 1. The van der Waals surface area contributed by atoms with E-state index in [-0.39, 0.29) is 6.42 Å². The van der Waals surface area contributed by atoms with Crippen molar-refractivity contribution < 1.29 is 13.2 Å². The maximum Gasteiger partial charge on any atom is 0.389 e. The molecule has 0 fully saturated rings. The van der Waals surface area contributed by atoms with Crippen molar-refractivity contribution in [1.82, 2.24) is 10.3 Å². The molecule has 16 heavy (non-hydrogen) atoms. The van der Waals surface area contributed by atoms with Crippen LogP contribution in [0.4, 0.5) is 13.2 Å². The molecular weight excluding hydrogens is 285 g/mol. The number of hydrogen-bond acceptors (Lipinski definition) is 2. The molecule has 0 radical (unpaired) electrons. The summed E-state index contributed by atoms with van der Waals surface area (Å²) in [6.45, 7) is 0.824. The monoisotopic (exact) mass is 296 g/mol. The number of halogens is 4. The predicted molar refractivity (Wildman–Crippen MR) is 58.9 cm³/mol. The first-order chi connectivity index (χ1) is 7.47. The summed E-state index contributed by atoms with van der Waals surface area (Å²) < 4.78 is 36.2. The van der Waals surface area contributed by atoms with E-state index in [1.165, 1.54) is 0 Å². The second-order valence-electron chi connectivity index (χ2n) is 3.35. The van der Waals surface area contributed by atoms with E-state index >= 15 is 0 Å². The minimum absolute atomic E-state index is 0.0947. The average Bonchev–Trinajstić information content (AvgIpc) is 2.15. The number of rotatable bonds is 5. The van der Waals surface area contributed by atoms with Crippen LogP contribution in [-0.4, -0.2) is 17.7 Å². The molecule has 6 heteroatoms. The second-order valence-corrected chi connectivity index (χ2v) is 4.16. The molecule has 0 amide bonds. The quantitative estimate of drug-likeness (QED) is 0.666. The maximum absolute atomic E-state index is 11.8. The molecule has 0 atom stereocenters. The molecule has 1 N–H and O–H groups in total. The van der Waals surface area contributed by atoms with E-state index in [2.05, 4.69) is 26.2 Å². The molecule has 0 aliphatic rings. The van der Waals surface area contributed by atoms with E-state index < -0.39 is 12.6 Å². The lowest BCUT2D eigenvalue weighted by atomic mass is 10.3. The van der Waals surface area contributed by atoms with Crippen molar-refractivity contribution in [2.24, 2.45) is 0 Å². The third kappa shape index (κ3) is 6.07. The van der Waals surface area contributed by atoms with Crippen LogP contribution < -0.4 is 5.32 Å². The van der Waals surface area contributed by atoms with Gasteiger partial charge in [-0.15, -0.1) is 0 Å². The van der Waals surface area contributed by atoms with Gasteiger partial charge in [-0.05, 0) is 41.0 Å². The van der Waals surface area contributed by atoms with E-state index in [9.17, 15) is 13.2 Å². The third-order valence-electron chi connectivity index (χ3n) is 1.89. The van der Waals surface area contributed by atoms with Crippen LogP contribution in [0.25, 0.3) is 0 Å². The summed E-state index contributed by atoms with van der Waals surface area (Å²) in [4.78, 5) is 4.15. The van der Waals surface area contributed by atoms with Crippen LogP contribution in [0.1, 0.15) is 18.5 Å². The maximum atomic E-state index is 11.8. The van der Waals surface area contributed by atoms with Crippen LogP contribution in [0.5, 0.6) is 0 Å². The minimum Gasteiger partial charge on any atom is -0.311 e. The number of nitrogens with one attached hydrogen (secondary N) is 1. The molecule has 1 aromatic rings. The van der Waals surface area contributed by atoms with Gasteiger partial charge in [-0.2, -0.15) is 13.2 Å². The number of alkyl halides is 3. The van der Waals surface area contributed by atoms with Gasteiger partial charge < -0.3 is 5.32 Å². The van der Waals surface area contributed by atoms with Gasteiger partial charge >= 0.3 is 6.18 Å². The standard InChI is InChI=1S/C10H12BrF3N2/c11-9-4-1-3-8(16-9)7-15-6-2-5-10(12,13)14/h1,3-4,15H,2,5-7H2. The molecule has 0 aliphatic carbocycles. The lowest BCUT2D eigenvalue weighted by molar-refractivity contribution is -0.135. The fraction of sp³-hybridized carbons (Fsp3) is 0.500. The lowest BCUT2D eigenvalue weighted by Crippen LogP contribution is -2.18. The Hall–Kier alpha value is -0.620. The Morgan fingerprint density at radius 1 is 1.31 bits per heavy atom.